The lowest BCUT2D eigenvalue weighted by Gasteiger charge is -2.20. The quantitative estimate of drug-likeness (QED) is 0.633. The van der Waals surface area contributed by atoms with Crippen LogP contribution in [0.4, 0.5) is 5.69 Å². The lowest BCUT2D eigenvalue weighted by Crippen LogP contribution is -2.35. The van der Waals surface area contributed by atoms with Crippen molar-refractivity contribution in [3.63, 3.8) is 0 Å². The first kappa shape index (κ1) is 15.2. The fourth-order valence-electron chi connectivity index (χ4n) is 2.43. The van der Waals surface area contributed by atoms with Crippen molar-refractivity contribution in [2.75, 3.05) is 13.1 Å². The van der Waals surface area contributed by atoms with E-state index in [1.165, 1.54) is 24.3 Å². The molecule has 0 aromatic heterocycles. The average Bonchev–Trinajstić information content (AvgIpc) is 3.06. The first-order valence-electron chi connectivity index (χ1n) is 6.88. The Morgan fingerprint density at radius 1 is 1.04 bits per heavy atom. The summed E-state index contributed by atoms with van der Waals surface area (Å²) in [7, 11) is -4.05. The first-order chi connectivity index (χ1) is 11.0. The van der Waals surface area contributed by atoms with Crippen LogP contribution in [0.2, 0.25) is 0 Å². The molecule has 1 aliphatic rings. The highest BCUT2D eigenvalue weighted by Crippen LogP contribution is 2.28. The van der Waals surface area contributed by atoms with Crippen molar-refractivity contribution in [3.8, 4) is 0 Å². The van der Waals surface area contributed by atoms with Crippen molar-refractivity contribution < 1.29 is 13.3 Å². The zero-order valence-electron chi connectivity index (χ0n) is 12.0. The van der Waals surface area contributed by atoms with E-state index in [4.69, 9.17) is 0 Å². The molecule has 0 saturated carbocycles. The Kier molecular flexibility index (Phi) is 3.83. The van der Waals surface area contributed by atoms with Crippen molar-refractivity contribution >= 4 is 21.5 Å². The third kappa shape index (κ3) is 2.68. The number of aliphatic imine (C=N–C) groups is 1. The normalized spacial score (nSPS) is 14.6. The number of nitro groups is 1. The molecule has 2 aromatic rings. The molecule has 8 heteroatoms. The van der Waals surface area contributed by atoms with E-state index < -0.39 is 20.6 Å². The van der Waals surface area contributed by atoms with Crippen molar-refractivity contribution in [1.82, 2.24) is 4.31 Å². The van der Waals surface area contributed by atoms with Gasteiger partial charge in [0.15, 0.2) is 4.90 Å². The minimum absolute atomic E-state index is 0.165. The van der Waals surface area contributed by atoms with Crippen LogP contribution in [-0.4, -0.2) is 36.6 Å². The maximum atomic E-state index is 12.9. The fourth-order valence-corrected chi connectivity index (χ4v) is 4.04. The van der Waals surface area contributed by atoms with Crippen LogP contribution in [0.25, 0.3) is 0 Å². The molecule has 0 fully saturated rings. The van der Waals surface area contributed by atoms with Crippen LogP contribution in [0, 0.1) is 10.1 Å². The number of benzene rings is 2. The van der Waals surface area contributed by atoms with Gasteiger partial charge in [0.25, 0.3) is 15.7 Å². The molecule has 23 heavy (non-hydrogen) atoms. The van der Waals surface area contributed by atoms with E-state index in [-0.39, 0.29) is 11.4 Å². The molecule has 0 bridgehead atoms. The van der Waals surface area contributed by atoms with Crippen molar-refractivity contribution in [2.45, 2.75) is 4.90 Å². The van der Waals surface area contributed by atoms with Crippen LogP contribution in [0.3, 0.4) is 0 Å². The van der Waals surface area contributed by atoms with E-state index in [0.29, 0.717) is 17.9 Å². The smallest absolute Gasteiger partial charge is 0.265 e. The molecule has 0 spiro atoms. The van der Waals surface area contributed by atoms with Crippen molar-refractivity contribution in [2.24, 2.45) is 4.99 Å². The van der Waals surface area contributed by atoms with E-state index >= 15 is 0 Å². The summed E-state index contributed by atoms with van der Waals surface area (Å²) in [6.45, 7) is 0.489. The number of para-hydroxylation sites is 1. The molecule has 0 unspecified atom stereocenters. The molecule has 7 nitrogen and oxygen atoms in total. The molecule has 0 N–H and O–H groups in total. The summed E-state index contributed by atoms with van der Waals surface area (Å²) in [5, 5.41) is 11.1. The van der Waals surface area contributed by atoms with E-state index in [9.17, 15) is 18.5 Å². The van der Waals surface area contributed by atoms with Gasteiger partial charge in [0.1, 0.15) is 5.84 Å². The van der Waals surface area contributed by atoms with Gasteiger partial charge < -0.3 is 0 Å². The fraction of sp³-hybridized carbons (Fsp3) is 0.133. The number of nitrogens with zero attached hydrogens (tertiary/aromatic N) is 3. The minimum Gasteiger partial charge on any atom is -0.265 e. The van der Waals surface area contributed by atoms with Gasteiger partial charge >= 0.3 is 0 Å². The average molecular weight is 331 g/mol. The number of rotatable bonds is 4. The summed E-state index contributed by atoms with van der Waals surface area (Å²) in [5.41, 5.74) is 0.221. The second-order valence-electron chi connectivity index (χ2n) is 4.87. The van der Waals surface area contributed by atoms with E-state index in [2.05, 4.69) is 4.99 Å². The van der Waals surface area contributed by atoms with Gasteiger partial charge in [-0.2, -0.15) is 0 Å². The molecule has 3 rings (SSSR count). The number of amidine groups is 1. The summed E-state index contributed by atoms with van der Waals surface area (Å²) in [4.78, 5) is 14.4. The maximum Gasteiger partial charge on any atom is 0.289 e. The van der Waals surface area contributed by atoms with Gasteiger partial charge in [-0.3, -0.25) is 15.1 Å². The third-order valence-corrected chi connectivity index (χ3v) is 5.30. The van der Waals surface area contributed by atoms with Gasteiger partial charge in [-0.05, 0) is 6.07 Å². The molecule has 1 aliphatic heterocycles. The molecule has 0 amide bonds. The number of sulfonamides is 1. The topological polar surface area (TPSA) is 92.9 Å². The highest BCUT2D eigenvalue weighted by atomic mass is 32.2. The summed E-state index contributed by atoms with van der Waals surface area (Å²) in [6, 6.07) is 14.2. The van der Waals surface area contributed by atoms with E-state index in [1.54, 1.807) is 24.3 Å². The summed E-state index contributed by atoms with van der Waals surface area (Å²) < 4.78 is 26.9. The second-order valence-corrected chi connectivity index (χ2v) is 6.70. The van der Waals surface area contributed by atoms with Crippen molar-refractivity contribution in [1.29, 1.82) is 0 Å². The maximum absolute atomic E-state index is 12.9. The number of hydrogen-bond acceptors (Lipinski definition) is 5. The van der Waals surface area contributed by atoms with E-state index in [0.717, 1.165) is 4.31 Å². The lowest BCUT2D eigenvalue weighted by atomic mass is 10.2. The van der Waals surface area contributed by atoms with Gasteiger partial charge in [0.05, 0.1) is 18.0 Å². The zero-order valence-corrected chi connectivity index (χ0v) is 12.8. The van der Waals surface area contributed by atoms with Crippen LogP contribution >= 0.6 is 0 Å². The lowest BCUT2D eigenvalue weighted by molar-refractivity contribution is -0.387. The molecular weight excluding hydrogens is 318 g/mol. The molecule has 0 radical (unpaired) electrons. The molecule has 1 heterocycles. The Labute approximate surface area is 133 Å². The van der Waals surface area contributed by atoms with Crippen LogP contribution in [-0.2, 0) is 10.0 Å². The Balaban J connectivity index is 2.08. The van der Waals surface area contributed by atoms with Crippen LogP contribution in [0.1, 0.15) is 5.56 Å². The van der Waals surface area contributed by atoms with Gasteiger partial charge in [0.2, 0.25) is 0 Å². The van der Waals surface area contributed by atoms with Crippen LogP contribution < -0.4 is 0 Å². The minimum atomic E-state index is -4.05. The summed E-state index contributed by atoms with van der Waals surface area (Å²) in [6.07, 6.45) is 0. The molecule has 118 valence electrons. The van der Waals surface area contributed by atoms with Gasteiger partial charge in [-0.1, -0.05) is 42.5 Å². The standard InChI is InChI=1S/C15H13N3O4S/c19-18(20)13-8-4-5-9-14(13)23(21,22)17-11-10-16-15(17)12-6-2-1-3-7-12/h1-9H,10-11H2. The van der Waals surface area contributed by atoms with Crippen LogP contribution in [0.15, 0.2) is 64.5 Å². The number of nitro benzene ring substituents is 1. The van der Waals surface area contributed by atoms with Crippen molar-refractivity contribution in [3.05, 3.63) is 70.3 Å². The van der Waals surface area contributed by atoms with Crippen LogP contribution in [0.5, 0.6) is 0 Å². The first-order valence-corrected chi connectivity index (χ1v) is 8.32. The molecule has 0 atom stereocenters. The zero-order chi connectivity index (χ0) is 16.4. The Morgan fingerprint density at radius 2 is 1.70 bits per heavy atom. The summed E-state index contributed by atoms with van der Waals surface area (Å²) >= 11 is 0. The summed E-state index contributed by atoms with van der Waals surface area (Å²) in [5.74, 6) is 0.309. The number of hydrogen-bond donors (Lipinski definition) is 0. The molecular formula is C15H13N3O4S. The largest absolute Gasteiger partial charge is 0.289 e. The van der Waals surface area contributed by atoms with Gasteiger partial charge in [-0.25, -0.2) is 12.7 Å². The molecule has 0 saturated heterocycles. The SMILES string of the molecule is O=[N+]([O-])c1ccccc1S(=O)(=O)N1CCN=C1c1ccccc1. The van der Waals surface area contributed by atoms with Gasteiger partial charge in [0, 0.05) is 11.6 Å². The van der Waals surface area contributed by atoms with Gasteiger partial charge in [-0.15, -0.1) is 0 Å². The predicted molar refractivity (Wildman–Crippen MR) is 84.8 cm³/mol. The Bertz CT molecular complexity index is 879. The Hall–Kier alpha value is -2.74. The molecule has 0 aliphatic carbocycles. The highest BCUT2D eigenvalue weighted by Gasteiger charge is 2.35. The second kappa shape index (κ2) is 5.81. The highest BCUT2D eigenvalue weighted by molar-refractivity contribution is 7.89. The Morgan fingerprint density at radius 3 is 2.39 bits per heavy atom. The molecule has 2 aromatic carbocycles. The third-order valence-electron chi connectivity index (χ3n) is 3.46. The predicted octanol–water partition coefficient (Wildman–Crippen LogP) is 2.05. The monoisotopic (exact) mass is 331 g/mol. The van der Waals surface area contributed by atoms with E-state index in [1.807, 2.05) is 6.07 Å².